The van der Waals surface area contributed by atoms with Gasteiger partial charge in [-0.2, -0.15) is 5.10 Å². The third-order valence-electron chi connectivity index (χ3n) is 2.32. The number of benzene rings is 1. The van der Waals surface area contributed by atoms with E-state index in [2.05, 4.69) is 36.2 Å². The molecule has 1 aromatic heterocycles. The van der Waals surface area contributed by atoms with Gasteiger partial charge in [0.2, 0.25) is 5.88 Å². The molecule has 3 nitrogen and oxygen atoms in total. The van der Waals surface area contributed by atoms with Crippen LogP contribution in [-0.2, 0) is 0 Å². The molecule has 1 aromatic carbocycles. The van der Waals surface area contributed by atoms with Gasteiger partial charge in [0.05, 0.1) is 0 Å². The van der Waals surface area contributed by atoms with Crippen LogP contribution in [0.25, 0.3) is 0 Å². The predicted octanol–water partition coefficient (Wildman–Crippen LogP) is 3.39. The summed E-state index contributed by atoms with van der Waals surface area (Å²) in [7, 11) is 0. The lowest BCUT2D eigenvalue weighted by molar-refractivity contribution is 0.455. The van der Waals surface area contributed by atoms with Crippen LogP contribution >= 0.6 is 0 Å². The van der Waals surface area contributed by atoms with E-state index in [1.165, 1.54) is 5.56 Å². The van der Waals surface area contributed by atoms with E-state index in [0.717, 1.165) is 5.75 Å². The van der Waals surface area contributed by atoms with Crippen LogP contribution < -0.4 is 4.74 Å². The van der Waals surface area contributed by atoms with Gasteiger partial charge in [0.1, 0.15) is 5.75 Å². The number of hydrogen-bond acceptors (Lipinski definition) is 3. The third kappa shape index (κ3) is 2.57. The van der Waals surface area contributed by atoms with E-state index in [4.69, 9.17) is 4.74 Å². The molecule has 0 saturated carbocycles. The second-order valence-corrected chi connectivity index (χ2v) is 3.89. The van der Waals surface area contributed by atoms with Crippen molar-refractivity contribution in [2.24, 2.45) is 0 Å². The zero-order valence-electron chi connectivity index (χ0n) is 9.42. The molecule has 0 unspecified atom stereocenters. The molecule has 82 valence electrons. The molecule has 2 aromatic rings. The Morgan fingerprint density at radius 1 is 1.06 bits per heavy atom. The highest BCUT2D eigenvalue weighted by atomic mass is 16.5. The average molecular weight is 214 g/mol. The Morgan fingerprint density at radius 3 is 2.38 bits per heavy atom. The summed E-state index contributed by atoms with van der Waals surface area (Å²) in [5.74, 6) is 1.83. The van der Waals surface area contributed by atoms with Gasteiger partial charge >= 0.3 is 0 Å². The summed E-state index contributed by atoms with van der Waals surface area (Å²) in [5, 5.41) is 7.61. The zero-order valence-corrected chi connectivity index (χ0v) is 9.42. The van der Waals surface area contributed by atoms with Crippen molar-refractivity contribution in [2.45, 2.75) is 19.8 Å². The van der Waals surface area contributed by atoms with E-state index in [-0.39, 0.29) is 0 Å². The fraction of sp³-hybridized carbons (Fsp3) is 0.231. The van der Waals surface area contributed by atoms with Crippen LogP contribution in [0.5, 0.6) is 11.6 Å². The molecular weight excluding hydrogens is 200 g/mol. The Kier molecular flexibility index (Phi) is 3.15. The number of rotatable bonds is 3. The molecule has 0 fully saturated rings. The molecule has 0 atom stereocenters. The van der Waals surface area contributed by atoms with Gasteiger partial charge in [0, 0.05) is 12.3 Å². The van der Waals surface area contributed by atoms with Gasteiger partial charge in [0.25, 0.3) is 0 Å². The lowest BCUT2D eigenvalue weighted by Gasteiger charge is -2.07. The minimum absolute atomic E-state index is 0.514. The topological polar surface area (TPSA) is 35.0 Å². The minimum atomic E-state index is 0.514. The van der Waals surface area contributed by atoms with E-state index in [0.29, 0.717) is 11.8 Å². The highest BCUT2D eigenvalue weighted by molar-refractivity contribution is 5.31. The van der Waals surface area contributed by atoms with Gasteiger partial charge in [-0.25, -0.2) is 0 Å². The molecule has 0 aliphatic carbocycles. The van der Waals surface area contributed by atoms with Crippen molar-refractivity contribution in [1.29, 1.82) is 0 Å². The summed E-state index contributed by atoms with van der Waals surface area (Å²) in [4.78, 5) is 0. The van der Waals surface area contributed by atoms with Crippen molar-refractivity contribution in [3.05, 3.63) is 48.2 Å². The number of ether oxygens (including phenoxy) is 1. The number of nitrogens with zero attached hydrogens (tertiary/aromatic N) is 2. The molecule has 0 N–H and O–H groups in total. The number of hydrogen-bond donors (Lipinski definition) is 0. The number of aromatic nitrogens is 2. The molecule has 0 radical (unpaired) electrons. The summed E-state index contributed by atoms with van der Waals surface area (Å²) in [6, 6.07) is 11.6. The Bertz CT molecular complexity index is 437. The molecule has 16 heavy (non-hydrogen) atoms. The van der Waals surface area contributed by atoms with Crippen molar-refractivity contribution < 1.29 is 4.74 Å². The summed E-state index contributed by atoms with van der Waals surface area (Å²) in [6.07, 6.45) is 1.62. The molecule has 0 amide bonds. The van der Waals surface area contributed by atoms with Crippen LogP contribution in [0.3, 0.4) is 0 Å². The Hall–Kier alpha value is -1.90. The normalized spacial score (nSPS) is 10.4. The summed E-state index contributed by atoms with van der Waals surface area (Å²) < 4.78 is 5.54. The Morgan fingerprint density at radius 2 is 1.81 bits per heavy atom. The first-order valence-corrected chi connectivity index (χ1v) is 5.31. The Labute approximate surface area is 95.1 Å². The Balaban J connectivity index is 2.11. The fourth-order valence-corrected chi connectivity index (χ4v) is 1.38. The first kappa shape index (κ1) is 10.6. The monoisotopic (exact) mass is 214 g/mol. The maximum Gasteiger partial charge on any atom is 0.238 e. The highest BCUT2D eigenvalue weighted by Crippen LogP contribution is 2.21. The van der Waals surface area contributed by atoms with Crippen molar-refractivity contribution in [3.8, 4) is 11.6 Å². The average Bonchev–Trinajstić information content (AvgIpc) is 2.31. The maximum absolute atomic E-state index is 5.54. The van der Waals surface area contributed by atoms with Gasteiger partial charge in [-0.05, 0) is 29.7 Å². The van der Waals surface area contributed by atoms with Crippen LogP contribution in [0.2, 0.25) is 0 Å². The van der Waals surface area contributed by atoms with Gasteiger partial charge < -0.3 is 4.74 Å². The standard InChI is InChI=1S/C13H14N2O/c1-10(2)11-5-7-12(8-6-11)16-13-4-3-9-14-15-13/h3-10H,1-2H3. The summed E-state index contributed by atoms with van der Waals surface area (Å²) in [5.41, 5.74) is 1.30. The van der Waals surface area contributed by atoms with E-state index in [1.54, 1.807) is 18.3 Å². The summed E-state index contributed by atoms with van der Waals surface area (Å²) >= 11 is 0. The quantitative estimate of drug-likeness (QED) is 0.785. The molecular formula is C13H14N2O. The van der Waals surface area contributed by atoms with Gasteiger partial charge in [-0.3, -0.25) is 0 Å². The predicted molar refractivity (Wildman–Crippen MR) is 62.6 cm³/mol. The van der Waals surface area contributed by atoms with Crippen LogP contribution in [0, 0.1) is 0 Å². The van der Waals surface area contributed by atoms with Crippen LogP contribution in [0.1, 0.15) is 25.3 Å². The van der Waals surface area contributed by atoms with Gasteiger partial charge in [-0.1, -0.05) is 26.0 Å². The molecule has 0 aliphatic rings. The van der Waals surface area contributed by atoms with Crippen molar-refractivity contribution >= 4 is 0 Å². The SMILES string of the molecule is CC(C)c1ccc(Oc2cccnn2)cc1. The molecule has 2 rings (SSSR count). The van der Waals surface area contributed by atoms with E-state index >= 15 is 0 Å². The van der Waals surface area contributed by atoms with Gasteiger partial charge in [-0.15, -0.1) is 5.10 Å². The largest absolute Gasteiger partial charge is 0.438 e. The minimum Gasteiger partial charge on any atom is -0.438 e. The van der Waals surface area contributed by atoms with Crippen molar-refractivity contribution in [1.82, 2.24) is 10.2 Å². The maximum atomic E-state index is 5.54. The third-order valence-corrected chi connectivity index (χ3v) is 2.32. The van der Waals surface area contributed by atoms with Crippen LogP contribution in [0.4, 0.5) is 0 Å². The van der Waals surface area contributed by atoms with E-state index in [9.17, 15) is 0 Å². The second kappa shape index (κ2) is 4.75. The molecule has 0 saturated heterocycles. The van der Waals surface area contributed by atoms with Gasteiger partial charge in [0.15, 0.2) is 0 Å². The lowest BCUT2D eigenvalue weighted by Crippen LogP contribution is -1.90. The van der Waals surface area contributed by atoms with E-state index in [1.807, 2.05) is 12.1 Å². The highest BCUT2D eigenvalue weighted by Gasteiger charge is 2.01. The van der Waals surface area contributed by atoms with Crippen molar-refractivity contribution in [2.75, 3.05) is 0 Å². The lowest BCUT2D eigenvalue weighted by atomic mass is 10.0. The molecule has 0 bridgehead atoms. The second-order valence-electron chi connectivity index (χ2n) is 3.89. The molecule has 1 heterocycles. The smallest absolute Gasteiger partial charge is 0.238 e. The van der Waals surface area contributed by atoms with E-state index < -0.39 is 0 Å². The van der Waals surface area contributed by atoms with Crippen molar-refractivity contribution in [3.63, 3.8) is 0 Å². The molecule has 0 aliphatic heterocycles. The first-order chi connectivity index (χ1) is 7.75. The fourth-order valence-electron chi connectivity index (χ4n) is 1.38. The van der Waals surface area contributed by atoms with Crippen LogP contribution in [0.15, 0.2) is 42.6 Å². The zero-order chi connectivity index (χ0) is 11.4. The molecule has 3 heteroatoms. The summed E-state index contributed by atoms with van der Waals surface area (Å²) in [6.45, 7) is 4.33. The first-order valence-electron chi connectivity index (χ1n) is 5.31. The molecule has 0 spiro atoms. The van der Waals surface area contributed by atoms with Crippen LogP contribution in [-0.4, -0.2) is 10.2 Å².